The van der Waals surface area contributed by atoms with Crippen molar-refractivity contribution in [2.75, 3.05) is 11.9 Å². The van der Waals surface area contributed by atoms with Gasteiger partial charge < -0.3 is 5.32 Å². The van der Waals surface area contributed by atoms with Gasteiger partial charge in [-0.15, -0.1) is 0 Å². The summed E-state index contributed by atoms with van der Waals surface area (Å²) in [7, 11) is 0. The fourth-order valence-corrected chi connectivity index (χ4v) is 2.77. The van der Waals surface area contributed by atoms with Crippen molar-refractivity contribution >= 4 is 28.3 Å². The zero-order valence-electron chi connectivity index (χ0n) is 8.60. The summed E-state index contributed by atoms with van der Waals surface area (Å²) < 4.78 is 13.8. The van der Waals surface area contributed by atoms with Crippen molar-refractivity contribution in [3.05, 3.63) is 27.6 Å². The first-order chi connectivity index (χ1) is 7.25. The Hall–Kier alpha value is -0.320. The largest absolute Gasteiger partial charge is 0.384 e. The maximum Gasteiger partial charge on any atom is 0.124 e. The second-order valence-electron chi connectivity index (χ2n) is 4.16. The number of hydrogen-bond acceptors (Lipinski definition) is 1. The smallest absolute Gasteiger partial charge is 0.124 e. The minimum Gasteiger partial charge on any atom is -0.384 e. The van der Waals surface area contributed by atoms with Gasteiger partial charge in [-0.2, -0.15) is 0 Å². The van der Waals surface area contributed by atoms with E-state index in [9.17, 15) is 4.39 Å². The molecule has 0 atom stereocenters. The molecular weight excluding hydrogens is 304 g/mol. The van der Waals surface area contributed by atoms with Crippen LogP contribution in [0.15, 0.2) is 18.2 Å². The van der Waals surface area contributed by atoms with E-state index in [4.69, 9.17) is 0 Å². The second-order valence-corrected chi connectivity index (χ2v) is 5.32. The Balaban J connectivity index is 1.92. The van der Waals surface area contributed by atoms with Crippen molar-refractivity contribution in [2.45, 2.75) is 25.7 Å². The van der Waals surface area contributed by atoms with E-state index in [2.05, 4.69) is 27.9 Å². The fourth-order valence-electron chi connectivity index (χ4n) is 2.10. The highest BCUT2D eigenvalue weighted by molar-refractivity contribution is 14.1. The summed E-state index contributed by atoms with van der Waals surface area (Å²) in [4.78, 5) is 0. The van der Waals surface area contributed by atoms with Crippen LogP contribution in [-0.4, -0.2) is 6.54 Å². The van der Waals surface area contributed by atoms with E-state index < -0.39 is 0 Å². The fraction of sp³-hybridized carbons (Fsp3) is 0.500. The van der Waals surface area contributed by atoms with Crippen molar-refractivity contribution in [1.82, 2.24) is 0 Å². The van der Waals surface area contributed by atoms with E-state index in [1.165, 1.54) is 31.7 Å². The summed E-state index contributed by atoms with van der Waals surface area (Å²) in [6.07, 6.45) is 5.41. The number of benzene rings is 1. The maximum atomic E-state index is 12.9. The average Bonchev–Trinajstić information content (AvgIpc) is 2.69. The van der Waals surface area contributed by atoms with Gasteiger partial charge in [-0.1, -0.05) is 12.8 Å². The Morgan fingerprint density at radius 3 is 2.73 bits per heavy atom. The molecule has 1 aliphatic rings. The van der Waals surface area contributed by atoms with E-state index in [0.29, 0.717) is 0 Å². The van der Waals surface area contributed by atoms with E-state index in [-0.39, 0.29) is 5.82 Å². The molecule has 1 aliphatic carbocycles. The molecule has 82 valence electrons. The van der Waals surface area contributed by atoms with Crippen LogP contribution in [0.5, 0.6) is 0 Å². The number of nitrogens with one attached hydrogen (secondary N) is 1. The Morgan fingerprint density at radius 1 is 1.33 bits per heavy atom. The Bertz CT molecular complexity index is 334. The quantitative estimate of drug-likeness (QED) is 0.830. The van der Waals surface area contributed by atoms with Crippen LogP contribution >= 0.6 is 22.6 Å². The maximum absolute atomic E-state index is 12.9. The lowest BCUT2D eigenvalue weighted by molar-refractivity contribution is 0.579. The van der Waals surface area contributed by atoms with Crippen LogP contribution in [0.3, 0.4) is 0 Å². The third-order valence-corrected chi connectivity index (χ3v) is 3.88. The molecule has 1 fully saturated rings. The first-order valence-corrected chi connectivity index (χ1v) is 6.52. The average molecular weight is 319 g/mol. The predicted octanol–water partition coefficient (Wildman–Crippen LogP) is 4.03. The van der Waals surface area contributed by atoms with Crippen LogP contribution in [0.4, 0.5) is 10.1 Å². The molecule has 1 aromatic carbocycles. The van der Waals surface area contributed by atoms with E-state index >= 15 is 0 Å². The van der Waals surface area contributed by atoms with Gasteiger partial charge in [0.2, 0.25) is 0 Å². The monoisotopic (exact) mass is 319 g/mol. The Morgan fingerprint density at radius 2 is 2.07 bits per heavy atom. The molecule has 0 spiro atoms. The van der Waals surface area contributed by atoms with Crippen LogP contribution in [0.2, 0.25) is 0 Å². The zero-order chi connectivity index (χ0) is 10.7. The van der Waals surface area contributed by atoms with Gasteiger partial charge in [-0.05, 0) is 59.5 Å². The molecule has 0 heterocycles. The first kappa shape index (κ1) is 11.2. The lowest BCUT2D eigenvalue weighted by Gasteiger charge is -2.13. The molecule has 0 bridgehead atoms. The molecule has 1 saturated carbocycles. The zero-order valence-corrected chi connectivity index (χ0v) is 10.8. The van der Waals surface area contributed by atoms with Gasteiger partial charge in [-0.25, -0.2) is 4.39 Å². The van der Waals surface area contributed by atoms with Crippen LogP contribution in [0.25, 0.3) is 0 Å². The summed E-state index contributed by atoms with van der Waals surface area (Å²) in [5.74, 6) is 0.650. The van der Waals surface area contributed by atoms with Gasteiger partial charge >= 0.3 is 0 Å². The number of hydrogen-bond donors (Lipinski definition) is 1. The SMILES string of the molecule is Fc1ccc(NCC2CCCC2)c(I)c1. The minimum absolute atomic E-state index is 0.161. The third-order valence-electron chi connectivity index (χ3n) is 2.99. The van der Waals surface area contributed by atoms with Crippen LogP contribution in [0, 0.1) is 15.3 Å². The Kier molecular flexibility index (Phi) is 3.83. The molecular formula is C12H15FIN. The summed E-state index contributed by atoms with van der Waals surface area (Å²) in [5, 5.41) is 3.41. The van der Waals surface area contributed by atoms with E-state index in [1.807, 2.05) is 6.07 Å². The van der Waals surface area contributed by atoms with Gasteiger partial charge in [0.15, 0.2) is 0 Å². The first-order valence-electron chi connectivity index (χ1n) is 5.44. The topological polar surface area (TPSA) is 12.0 Å². The summed E-state index contributed by atoms with van der Waals surface area (Å²) >= 11 is 2.17. The molecule has 0 radical (unpaired) electrons. The molecule has 1 aromatic rings. The lowest BCUT2D eigenvalue weighted by Crippen LogP contribution is -2.11. The normalized spacial score (nSPS) is 16.9. The van der Waals surface area contributed by atoms with E-state index in [1.54, 1.807) is 6.07 Å². The van der Waals surface area contributed by atoms with Crippen molar-refractivity contribution < 1.29 is 4.39 Å². The van der Waals surface area contributed by atoms with E-state index in [0.717, 1.165) is 21.7 Å². The molecule has 0 aliphatic heterocycles. The van der Waals surface area contributed by atoms with Gasteiger partial charge in [-0.3, -0.25) is 0 Å². The number of halogens is 2. The van der Waals surface area contributed by atoms with Gasteiger partial charge in [0.05, 0.1) is 0 Å². The highest BCUT2D eigenvalue weighted by atomic mass is 127. The predicted molar refractivity (Wildman–Crippen MR) is 69.6 cm³/mol. The summed E-state index contributed by atoms with van der Waals surface area (Å²) in [5.41, 5.74) is 1.06. The summed E-state index contributed by atoms with van der Waals surface area (Å²) in [6.45, 7) is 1.03. The molecule has 15 heavy (non-hydrogen) atoms. The highest BCUT2D eigenvalue weighted by Crippen LogP contribution is 2.26. The third kappa shape index (κ3) is 3.06. The lowest BCUT2D eigenvalue weighted by atomic mass is 10.1. The number of rotatable bonds is 3. The van der Waals surface area contributed by atoms with Crippen molar-refractivity contribution in [3.63, 3.8) is 0 Å². The van der Waals surface area contributed by atoms with Crippen molar-refractivity contribution in [3.8, 4) is 0 Å². The molecule has 0 aromatic heterocycles. The minimum atomic E-state index is -0.161. The second kappa shape index (κ2) is 5.14. The molecule has 1 N–H and O–H groups in total. The highest BCUT2D eigenvalue weighted by Gasteiger charge is 2.14. The van der Waals surface area contributed by atoms with Crippen LogP contribution in [0.1, 0.15) is 25.7 Å². The van der Waals surface area contributed by atoms with Gasteiger partial charge in [0.25, 0.3) is 0 Å². The van der Waals surface area contributed by atoms with Crippen molar-refractivity contribution in [2.24, 2.45) is 5.92 Å². The van der Waals surface area contributed by atoms with Crippen LogP contribution < -0.4 is 5.32 Å². The van der Waals surface area contributed by atoms with Crippen LogP contribution in [-0.2, 0) is 0 Å². The Labute approximate surface area is 104 Å². The standard InChI is InChI=1S/C12H15FIN/c13-10-5-6-12(11(14)7-10)15-8-9-3-1-2-4-9/h5-7,9,15H,1-4,8H2. The van der Waals surface area contributed by atoms with Gasteiger partial charge in [0.1, 0.15) is 5.82 Å². The molecule has 0 saturated heterocycles. The van der Waals surface area contributed by atoms with Gasteiger partial charge in [0, 0.05) is 15.8 Å². The number of anilines is 1. The summed E-state index contributed by atoms with van der Waals surface area (Å²) in [6, 6.07) is 4.91. The molecule has 2 rings (SSSR count). The molecule has 0 amide bonds. The molecule has 0 unspecified atom stereocenters. The molecule has 1 nitrogen and oxygen atoms in total. The van der Waals surface area contributed by atoms with Crippen molar-refractivity contribution in [1.29, 1.82) is 0 Å². The molecule has 3 heteroatoms.